The molecule has 0 spiro atoms. The van der Waals surface area contributed by atoms with Crippen molar-refractivity contribution in [3.05, 3.63) is 30.1 Å². The third-order valence-corrected chi connectivity index (χ3v) is 3.88. The molecule has 3 aromatic rings. The van der Waals surface area contributed by atoms with Crippen molar-refractivity contribution in [1.82, 2.24) is 15.2 Å². The third kappa shape index (κ3) is 2.03. The lowest BCUT2D eigenvalue weighted by molar-refractivity contribution is 0.321. The summed E-state index contributed by atoms with van der Waals surface area (Å²) in [7, 11) is 2.37. The van der Waals surface area contributed by atoms with E-state index in [4.69, 9.17) is 4.74 Å². The van der Waals surface area contributed by atoms with Crippen molar-refractivity contribution in [3.8, 4) is 17.1 Å². The van der Waals surface area contributed by atoms with Gasteiger partial charge in [0.25, 0.3) is 0 Å². The van der Waals surface area contributed by atoms with Gasteiger partial charge in [0.15, 0.2) is 11.6 Å². The zero-order chi connectivity index (χ0) is 14.4. The lowest BCUT2D eigenvalue weighted by atomic mass is 10.1. The molecule has 1 unspecified atom stereocenters. The van der Waals surface area contributed by atoms with Gasteiger partial charge in [-0.1, -0.05) is 0 Å². The molecule has 0 aliphatic carbocycles. The van der Waals surface area contributed by atoms with Gasteiger partial charge in [-0.15, -0.1) is 9.24 Å². The second kappa shape index (κ2) is 4.67. The fourth-order valence-corrected chi connectivity index (χ4v) is 2.65. The highest BCUT2D eigenvalue weighted by atomic mass is 31.0. The lowest BCUT2D eigenvalue weighted by Crippen LogP contribution is -2.19. The van der Waals surface area contributed by atoms with Crippen molar-refractivity contribution < 1.29 is 9.13 Å². The lowest BCUT2D eigenvalue weighted by Gasteiger charge is -2.18. The summed E-state index contributed by atoms with van der Waals surface area (Å²) in [6.45, 7) is 1.34. The molecule has 0 bridgehead atoms. The molecule has 1 atom stereocenters. The Kier molecular flexibility index (Phi) is 2.79. The van der Waals surface area contributed by atoms with E-state index in [1.54, 1.807) is 6.07 Å². The summed E-state index contributed by atoms with van der Waals surface area (Å²) >= 11 is 0. The van der Waals surface area contributed by atoms with E-state index in [1.807, 2.05) is 12.1 Å². The molecule has 0 saturated heterocycles. The van der Waals surface area contributed by atoms with E-state index < -0.39 is 0 Å². The number of benzene rings is 1. The van der Waals surface area contributed by atoms with E-state index in [2.05, 4.69) is 29.7 Å². The average Bonchev–Trinajstić information content (AvgIpc) is 2.90. The second-order valence-electron chi connectivity index (χ2n) is 4.81. The Bertz CT molecular complexity index is 848. The van der Waals surface area contributed by atoms with Crippen molar-refractivity contribution in [1.29, 1.82) is 0 Å². The van der Waals surface area contributed by atoms with Crippen LogP contribution in [0.4, 0.5) is 10.2 Å². The fourth-order valence-electron chi connectivity index (χ4n) is 2.40. The monoisotopic (exact) mass is 302 g/mol. The highest BCUT2D eigenvalue weighted by Crippen LogP contribution is 2.31. The van der Waals surface area contributed by atoms with E-state index in [0.717, 1.165) is 17.8 Å². The largest absolute Gasteiger partial charge is 0.488 e. The molecule has 1 aromatic carbocycles. The molecule has 2 N–H and O–H groups in total. The number of fused-ring (bicyclic) bond motifs is 2. The van der Waals surface area contributed by atoms with Crippen molar-refractivity contribution in [2.24, 2.45) is 0 Å². The number of hydrogen-bond donors (Lipinski definition) is 2. The number of ether oxygens (including phenoxy) is 1. The maximum atomic E-state index is 13.8. The van der Waals surface area contributed by atoms with Crippen LogP contribution in [-0.4, -0.2) is 28.3 Å². The number of pyridine rings is 1. The molecule has 5 nitrogen and oxygen atoms in total. The average molecular weight is 302 g/mol. The van der Waals surface area contributed by atoms with Crippen LogP contribution in [0.5, 0.6) is 5.75 Å². The summed E-state index contributed by atoms with van der Waals surface area (Å²) < 4.78 is 19.3. The molecular weight excluding hydrogens is 290 g/mol. The minimum atomic E-state index is -0.283. The summed E-state index contributed by atoms with van der Waals surface area (Å²) in [5.74, 6) is 1.14. The molecule has 1 aliphatic rings. The summed E-state index contributed by atoms with van der Waals surface area (Å²) in [6.07, 6.45) is 0. The van der Waals surface area contributed by atoms with Gasteiger partial charge < -0.3 is 10.1 Å². The van der Waals surface area contributed by atoms with Gasteiger partial charge in [0.05, 0.1) is 17.8 Å². The molecule has 21 heavy (non-hydrogen) atoms. The first-order chi connectivity index (χ1) is 10.2. The van der Waals surface area contributed by atoms with Gasteiger partial charge in [-0.25, -0.2) is 9.37 Å². The Hall–Kier alpha value is -2.20. The van der Waals surface area contributed by atoms with Gasteiger partial charge in [-0.3, -0.25) is 5.10 Å². The summed E-state index contributed by atoms with van der Waals surface area (Å²) in [5, 5.41) is 11.6. The third-order valence-electron chi connectivity index (χ3n) is 3.43. The quantitative estimate of drug-likeness (QED) is 0.676. The number of rotatable bonds is 1. The molecule has 106 valence electrons. The van der Waals surface area contributed by atoms with E-state index in [9.17, 15) is 4.39 Å². The van der Waals surface area contributed by atoms with Crippen LogP contribution in [0.2, 0.25) is 0 Å². The molecule has 3 heterocycles. The number of aromatic nitrogens is 3. The number of hydrogen-bond acceptors (Lipinski definition) is 4. The molecular formula is C14H12FN4OP. The van der Waals surface area contributed by atoms with Crippen molar-refractivity contribution in [2.75, 3.05) is 18.5 Å². The maximum Gasteiger partial charge on any atom is 0.169 e. The van der Waals surface area contributed by atoms with E-state index in [-0.39, 0.29) is 5.82 Å². The highest BCUT2D eigenvalue weighted by molar-refractivity contribution is 7.27. The SMILES string of the molecule is Fc1cc2c(-c3ccc4c(n3)NCCO4)n[nH]c2cc1P. The van der Waals surface area contributed by atoms with E-state index in [0.29, 0.717) is 34.5 Å². The van der Waals surface area contributed by atoms with Crippen LogP contribution in [0.3, 0.4) is 0 Å². The number of nitrogens with zero attached hydrogens (tertiary/aromatic N) is 2. The molecule has 0 fully saturated rings. The standard InChI is InChI=1S/C14H12FN4OP/c15-8-5-7-10(6-12(8)21)18-19-13(7)9-1-2-11-14(17-9)16-3-4-20-11/h1-2,5-6H,3-4,21H2,(H,16,17)(H,18,19). The number of aromatic amines is 1. The van der Waals surface area contributed by atoms with Crippen LogP contribution in [0, 0.1) is 5.82 Å². The zero-order valence-corrected chi connectivity index (χ0v) is 12.1. The Labute approximate surface area is 122 Å². The predicted molar refractivity (Wildman–Crippen MR) is 82.6 cm³/mol. The van der Waals surface area contributed by atoms with Gasteiger partial charge >= 0.3 is 0 Å². The zero-order valence-electron chi connectivity index (χ0n) is 11.0. The predicted octanol–water partition coefficient (Wildman–Crippen LogP) is 2.07. The van der Waals surface area contributed by atoms with Gasteiger partial charge in [-0.05, 0) is 24.3 Å². The van der Waals surface area contributed by atoms with Gasteiger partial charge in [0.1, 0.15) is 18.1 Å². The maximum absolute atomic E-state index is 13.8. The molecule has 1 aliphatic heterocycles. The molecule has 0 amide bonds. The van der Waals surface area contributed by atoms with Gasteiger partial charge in [0, 0.05) is 10.7 Å². The molecule has 4 rings (SSSR count). The Balaban J connectivity index is 1.88. The van der Waals surface area contributed by atoms with Crippen molar-refractivity contribution in [2.45, 2.75) is 0 Å². The van der Waals surface area contributed by atoms with Gasteiger partial charge in [-0.2, -0.15) is 5.10 Å². The number of halogens is 1. The van der Waals surface area contributed by atoms with Crippen molar-refractivity contribution in [3.63, 3.8) is 0 Å². The topological polar surface area (TPSA) is 62.8 Å². The Morgan fingerprint density at radius 1 is 1.29 bits per heavy atom. The summed E-state index contributed by atoms with van der Waals surface area (Å²) in [5.41, 5.74) is 2.08. The first kappa shape index (κ1) is 12.5. The number of anilines is 1. The van der Waals surface area contributed by atoms with Crippen LogP contribution in [0.15, 0.2) is 24.3 Å². The van der Waals surface area contributed by atoms with Gasteiger partial charge in [0.2, 0.25) is 0 Å². The van der Waals surface area contributed by atoms with Crippen LogP contribution >= 0.6 is 9.24 Å². The Morgan fingerprint density at radius 2 is 2.19 bits per heavy atom. The smallest absolute Gasteiger partial charge is 0.169 e. The molecule has 2 aromatic heterocycles. The molecule has 0 saturated carbocycles. The molecule has 7 heteroatoms. The fraction of sp³-hybridized carbons (Fsp3) is 0.143. The minimum Gasteiger partial charge on any atom is -0.488 e. The summed E-state index contributed by atoms with van der Waals surface area (Å²) in [6, 6.07) is 6.87. The van der Waals surface area contributed by atoms with Crippen LogP contribution in [0.1, 0.15) is 0 Å². The van der Waals surface area contributed by atoms with Crippen molar-refractivity contribution >= 4 is 31.3 Å². The van der Waals surface area contributed by atoms with Crippen LogP contribution in [-0.2, 0) is 0 Å². The Morgan fingerprint density at radius 3 is 3.10 bits per heavy atom. The van der Waals surface area contributed by atoms with Crippen LogP contribution in [0.25, 0.3) is 22.3 Å². The van der Waals surface area contributed by atoms with Crippen LogP contribution < -0.4 is 15.4 Å². The minimum absolute atomic E-state index is 0.283. The normalized spacial score (nSPS) is 13.6. The van der Waals surface area contributed by atoms with E-state index in [1.165, 1.54) is 6.07 Å². The number of H-pyrrole nitrogens is 1. The second-order valence-corrected chi connectivity index (χ2v) is 5.43. The number of nitrogens with one attached hydrogen (secondary N) is 2. The molecule has 0 radical (unpaired) electrons. The highest BCUT2D eigenvalue weighted by Gasteiger charge is 2.16. The summed E-state index contributed by atoms with van der Waals surface area (Å²) in [4.78, 5) is 4.51. The first-order valence-electron chi connectivity index (χ1n) is 6.53. The first-order valence-corrected chi connectivity index (χ1v) is 7.11. The van der Waals surface area contributed by atoms with E-state index >= 15 is 0 Å².